The maximum absolute atomic E-state index is 12.3. The Morgan fingerprint density at radius 3 is 2.67 bits per heavy atom. The third-order valence-corrected chi connectivity index (χ3v) is 4.22. The van der Waals surface area contributed by atoms with E-state index in [0.29, 0.717) is 12.6 Å². The summed E-state index contributed by atoms with van der Waals surface area (Å²) in [6.07, 6.45) is 3.41. The Labute approximate surface area is 142 Å². The van der Waals surface area contributed by atoms with Gasteiger partial charge in [-0.3, -0.25) is 0 Å². The number of aromatic nitrogens is 2. The summed E-state index contributed by atoms with van der Waals surface area (Å²) in [4.78, 5) is 22.5. The first kappa shape index (κ1) is 16.2. The molecule has 2 amide bonds. The zero-order valence-corrected chi connectivity index (χ0v) is 13.9. The molecule has 6 heteroatoms. The van der Waals surface area contributed by atoms with Gasteiger partial charge in [-0.15, -0.1) is 0 Å². The van der Waals surface area contributed by atoms with Gasteiger partial charge in [-0.2, -0.15) is 0 Å². The number of aryl methyl sites for hydroxylation is 1. The summed E-state index contributed by atoms with van der Waals surface area (Å²) in [7, 11) is 0. The summed E-state index contributed by atoms with van der Waals surface area (Å²) in [6, 6.07) is 12.3. The molecule has 3 rings (SSSR count). The van der Waals surface area contributed by atoms with Gasteiger partial charge in [-0.1, -0.05) is 30.3 Å². The van der Waals surface area contributed by atoms with Crippen molar-refractivity contribution >= 4 is 11.8 Å². The van der Waals surface area contributed by atoms with E-state index in [9.17, 15) is 4.79 Å². The number of amides is 2. The van der Waals surface area contributed by atoms with Crippen molar-refractivity contribution in [1.82, 2.24) is 20.2 Å². The summed E-state index contributed by atoms with van der Waals surface area (Å²) < 4.78 is 0. The van der Waals surface area contributed by atoms with Crippen LogP contribution in [0.1, 0.15) is 24.1 Å². The SMILES string of the molecule is Cc1cc(NC2CCN(C(=O)NCc3ccccc3)CC2)ncn1. The van der Waals surface area contributed by atoms with Crippen LogP contribution >= 0.6 is 0 Å². The maximum atomic E-state index is 12.3. The highest BCUT2D eigenvalue weighted by molar-refractivity contribution is 5.74. The molecule has 1 aromatic carbocycles. The molecule has 126 valence electrons. The maximum Gasteiger partial charge on any atom is 0.317 e. The second-order valence-electron chi connectivity index (χ2n) is 6.09. The minimum atomic E-state index is 0.00943. The van der Waals surface area contributed by atoms with Crippen molar-refractivity contribution < 1.29 is 4.79 Å². The van der Waals surface area contributed by atoms with Gasteiger partial charge in [-0.25, -0.2) is 14.8 Å². The van der Waals surface area contributed by atoms with Crippen LogP contribution in [-0.4, -0.2) is 40.0 Å². The van der Waals surface area contributed by atoms with Crippen LogP contribution in [0.4, 0.5) is 10.6 Å². The van der Waals surface area contributed by atoms with Gasteiger partial charge in [-0.05, 0) is 25.3 Å². The van der Waals surface area contributed by atoms with Gasteiger partial charge in [0, 0.05) is 37.4 Å². The molecular formula is C18H23N5O. The number of carbonyl (C=O) groups excluding carboxylic acids is 1. The van der Waals surface area contributed by atoms with Crippen molar-refractivity contribution in [3.8, 4) is 0 Å². The van der Waals surface area contributed by atoms with Crippen molar-refractivity contribution in [2.45, 2.75) is 32.4 Å². The van der Waals surface area contributed by atoms with E-state index >= 15 is 0 Å². The molecular weight excluding hydrogens is 302 g/mol. The Morgan fingerprint density at radius 1 is 1.21 bits per heavy atom. The molecule has 0 spiro atoms. The van der Waals surface area contributed by atoms with Gasteiger partial charge in [0.05, 0.1) is 0 Å². The van der Waals surface area contributed by atoms with Crippen molar-refractivity contribution in [2.75, 3.05) is 18.4 Å². The monoisotopic (exact) mass is 325 g/mol. The topological polar surface area (TPSA) is 70.2 Å². The minimum absolute atomic E-state index is 0.00943. The number of piperidine rings is 1. The number of benzene rings is 1. The van der Waals surface area contributed by atoms with E-state index in [-0.39, 0.29) is 6.03 Å². The number of likely N-dealkylation sites (tertiary alicyclic amines) is 1. The van der Waals surface area contributed by atoms with Crippen LogP contribution < -0.4 is 10.6 Å². The number of hydrogen-bond donors (Lipinski definition) is 2. The first-order valence-corrected chi connectivity index (χ1v) is 8.32. The predicted molar refractivity (Wildman–Crippen MR) is 93.7 cm³/mol. The molecule has 24 heavy (non-hydrogen) atoms. The Balaban J connectivity index is 1.43. The molecule has 2 aromatic rings. The summed E-state index contributed by atoms with van der Waals surface area (Å²) >= 11 is 0. The number of rotatable bonds is 4. The van der Waals surface area contributed by atoms with E-state index < -0.39 is 0 Å². The van der Waals surface area contributed by atoms with Crippen LogP contribution in [0.5, 0.6) is 0 Å². The number of hydrogen-bond acceptors (Lipinski definition) is 4. The van der Waals surface area contributed by atoms with Crippen molar-refractivity contribution in [2.24, 2.45) is 0 Å². The second kappa shape index (κ2) is 7.77. The molecule has 0 bridgehead atoms. The highest BCUT2D eigenvalue weighted by Gasteiger charge is 2.22. The third-order valence-electron chi connectivity index (χ3n) is 4.22. The van der Waals surface area contributed by atoms with E-state index in [1.54, 1.807) is 6.33 Å². The molecule has 1 aliphatic heterocycles. The first-order chi connectivity index (χ1) is 11.7. The van der Waals surface area contributed by atoms with Crippen molar-refractivity contribution in [3.63, 3.8) is 0 Å². The molecule has 2 heterocycles. The number of nitrogens with zero attached hydrogens (tertiary/aromatic N) is 3. The number of nitrogens with one attached hydrogen (secondary N) is 2. The van der Waals surface area contributed by atoms with Gasteiger partial charge < -0.3 is 15.5 Å². The molecule has 1 saturated heterocycles. The molecule has 0 saturated carbocycles. The van der Waals surface area contributed by atoms with Crippen LogP contribution in [0.15, 0.2) is 42.7 Å². The lowest BCUT2D eigenvalue weighted by molar-refractivity contribution is 0.183. The smallest absolute Gasteiger partial charge is 0.317 e. The van der Waals surface area contributed by atoms with Gasteiger partial charge in [0.1, 0.15) is 12.1 Å². The van der Waals surface area contributed by atoms with Gasteiger partial charge >= 0.3 is 6.03 Å². The molecule has 0 unspecified atom stereocenters. The normalized spacial score (nSPS) is 15.1. The quantitative estimate of drug-likeness (QED) is 0.906. The molecule has 0 aliphatic carbocycles. The zero-order chi connectivity index (χ0) is 16.8. The van der Waals surface area contributed by atoms with E-state index in [2.05, 4.69) is 20.6 Å². The van der Waals surface area contributed by atoms with E-state index in [1.807, 2.05) is 48.2 Å². The average molecular weight is 325 g/mol. The zero-order valence-electron chi connectivity index (χ0n) is 13.9. The lowest BCUT2D eigenvalue weighted by Crippen LogP contribution is -2.46. The predicted octanol–water partition coefficient (Wildman–Crippen LogP) is 2.57. The fraction of sp³-hybridized carbons (Fsp3) is 0.389. The van der Waals surface area contributed by atoms with Crippen molar-refractivity contribution in [3.05, 3.63) is 54.0 Å². The Bertz CT molecular complexity index is 668. The second-order valence-corrected chi connectivity index (χ2v) is 6.09. The molecule has 2 N–H and O–H groups in total. The van der Waals surface area contributed by atoms with E-state index in [4.69, 9.17) is 0 Å². The van der Waals surface area contributed by atoms with Crippen LogP contribution in [0.2, 0.25) is 0 Å². The largest absolute Gasteiger partial charge is 0.367 e. The third kappa shape index (κ3) is 4.44. The van der Waals surface area contributed by atoms with Crippen LogP contribution in [0, 0.1) is 6.92 Å². The standard InChI is InChI=1S/C18H23N5O/c1-14-11-17(21-13-20-14)22-16-7-9-23(10-8-16)18(24)19-12-15-5-3-2-4-6-15/h2-6,11,13,16H,7-10,12H2,1H3,(H,19,24)(H,20,21,22). The minimum Gasteiger partial charge on any atom is -0.367 e. The summed E-state index contributed by atoms with van der Waals surface area (Å²) in [6.45, 7) is 4.02. The van der Waals surface area contributed by atoms with Gasteiger partial charge in [0.15, 0.2) is 0 Å². The van der Waals surface area contributed by atoms with E-state index in [1.165, 1.54) is 0 Å². The summed E-state index contributed by atoms with van der Waals surface area (Å²) in [5.41, 5.74) is 2.06. The number of carbonyl (C=O) groups is 1. The lowest BCUT2D eigenvalue weighted by atomic mass is 10.1. The Kier molecular flexibility index (Phi) is 5.25. The number of anilines is 1. The Hall–Kier alpha value is -2.63. The summed E-state index contributed by atoms with van der Waals surface area (Å²) in [5.74, 6) is 0.856. The molecule has 0 radical (unpaired) electrons. The highest BCUT2D eigenvalue weighted by atomic mass is 16.2. The lowest BCUT2D eigenvalue weighted by Gasteiger charge is -2.32. The molecule has 1 fully saturated rings. The Morgan fingerprint density at radius 2 is 1.96 bits per heavy atom. The fourth-order valence-corrected chi connectivity index (χ4v) is 2.85. The fourth-order valence-electron chi connectivity index (χ4n) is 2.85. The molecule has 6 nitrogen and oxygen atoms in total. The van der Waals surface area contributed by atoms with Crippen LogP contribution in [0.3, 0.4) is 0 Å². The van der Waals surface area contributed by atoms with Gasteiger partial charge in [0.2, 0.25) is 0 Å². The number of urea groups is 1. The van der Waals surface area contributed by atoms with Crippen LogP contribution in [0.25, 0.3) is 0 Å². The van der Waals surface area contributed by atoms with Crippen molar-refractivity contribution in [1.29, 1.82) is 0 Å². The highest BCUT2D eigenvalue weighted by Crippen LogP contribution is 2.15. The summed E-state index contributed by atoms with van der Waals surface area (Å²) in [5, 5.41) is 6.42. The average Bonchev–Trinajstić information content (AvgIpc) is 2.61. The molecule has 0 atom stereocenters. The molecule has 1 aromatic heterocycles. The van der Waals surface area contributed by atoms with E-state index in [0.717, 1.165) is 43.0 Å². The molecule has 1 aliphatic rings. The van der Waals surface area contributed by atoms with Crippen LogP contribution in [-0.2, 0) is 6.54 Å². The first-order valence-electron chi connectivity index (χ1n) is 8.32. The van der Waals surface area contributed by atoms with Gasteiger partial charge in [0.25, 0.3) is 0 Å².